The van der Waals surface area contributed by atoms with E-state index in [2.05, 4.69) is 66.2 Å². The Kier molecular flexibility index (Phi) is 8.36. The first-order chi connectivity index (χ1) is 18.1. The van der Waals surface area contributed by atoms with Crippen LogP contribution in [0.1, 0.15) is 17.5 Å². The van der Waals surface area contributed by atoms with Gasteiger partial charge in [-0.25, -0.2) is 9.97 Å². The molecule has 1 saturated heterocycles. The quantitative estimate of drug-likeness (QED) is 0.307. The first-order valence-corrected chi connectivity index (χ1v) is 13.3. The largest absolute Gasteiger partial charge is 0.494 e. The Morgan fingerprint density at radius 2 is 1.70 bits per heavy atom. The van der Waals surface area contributed by atoms with E-state index in [1.54, 1.807) is 19.5 Å². The van der Waals surface area contributed by atoms with Crippen LogP contribution < -0.4 is 10.1 Å². The van der Waals surface area contributed by atoms with Crippen molar-refractivity contribution in [1.82, 2.24) is 29.7 Å². The van der Waals surface area contributed by atoms with Gasteiger partial charge in [0, 0.05) is 73.5 Å². The molecule has 3 heterocycles. The standard InChI is InChI=1S/C29H35ClN6O/c1-31-10-5-11-36-21-26(29-32-17-24(37-2)18-33-29)25-16-22(8-9-28(25)36)19-34-12-14-35(15-13-34)20-23-6-3-4-7-27(23)30/h3-4,6-9,16-18,21,31H,5,10-15,19-20H2,1-2H3. The lowest BCUT2D eigenvalue weighted by Crippen LogP contribution is -2.45. The van der Waals surface area contributed by atoms with Gasteiger partial charge in [-0.3, -0.25) is 9.80 Å². The second kappa shape index (κ2) is 12.0. The summed E-state index contributed by atoms with van der Waals surface area (Å²) in [6.45, 7) is 7.94. The molecule has 1 N–H and O–H groups in total. The van der Waals surface area contributed by atoms with Gasteiger partial charge in [0.2, 0.25) is 0 Å². The van der Waals surface area contributed by atoms with Crippen molar-refractivity contribution >= 4 is 22.5 Å². The summed E-state index contributed by atoms with van der Waals surface area (Å²) in [5, 5.41) is 5.30. The number of aromatic nitrogens is 3. The van der Waals surface area contributed by atoms with Crippen LogP contribution in [0, 0.1) is 0 Å². The molecule has 2 aromatic carbocycles. The van der Waals surface area contributed by atoms with Crippen molar-refractivity contribution < 1.29 is 4.74 Å². The summed E-state index contributed by atoms with van der Waals surface area (Å²) in [5.74, 6) is 1.39. The second-order valence-corrected chi connectivity index (χ2v) is 10.0. The highest BCUT2D eigenvalue weighted by atomic mass is 35.5. The number of nitrogens with one attached hydrogen (secondary N) is 1. The minimum Gasteiger partial charge on any atom is -0.494 e. The van der Waals surface area contributed by atoms with Gasteiger partial charge in [-0.15, -0.1) is 0 Å². The Balaban J connectivity index is 1.31. The van der Waals surface area contributed by atoms with Gasteiger partial charge >= 0.3 is 0 Å². The lowest BCUT2D eigenvalue weighted by atomic mass is 10.1. The van der Waals surface area contributed by atoms with Crippen molar-refractivity contribution in [3.63, 3.8) is 0 Å². The Bertz CT molecular complexity index is 1310. The van der Waals surface area contributed by atoms with Gasteiger partial charge in [0.1, 0.15) is 0 Å². The third-order valence-electron chi connectivity index (χ3n) is 7.10. The zero-order chi connectivity index (χ0) is 25.6. The molecular weight excluding hydrogens is 484 g/mol. The van der Waals surface area contributed by atoms with E-state index in [4.69, 9.17) is 16.3 Å². The average Bonchev–Trinajstić information content (AvgIpc) is 3.29. The molecule has 0 spiro atoms. The summed E-state index contributed by atoms with van der Waals surface area (Å²) in [4.78, 5) is 14.2. The van der Waals surface area contributed by atoms with Crippen molar-refractivity contribution in [2.45, 2.75) is 26.1 Å². The molecule has 37 heavy (non-hydrogen) atoms. The van der Waals surface area contributed by atoms with Crippen LogP contribution in [0.4, 0.5) is 0 Å². The number of piperazine rings is 1. The van der Waals surface area contributed by atoms with E-state index in [-0.39, 0.29) is 0 Å². The lowest BCUT2D eigenvalue weighted by Gasteiger charge is -2.35. The van der Waals surface area contributed by atoms with Gasteiger partial charge in [-0.05, 0) is 49.3 Å². The predicted molar refractivity (Wildman–Crippen MR) is 150 cm³/mol. The molecule has 0 atom stereocenters. The van der Waals surface area contributed by atoms with Gasteiger partial charge in [-0.1, -0.05) is 35.9 Å². The summed E-state index contributed by atoms with van der Waals surface area (Å²) < 4.78 is 7.59. The number of ether oxygens (including phenoxy) is 1. The number of fused-ring (bicyclic) bond motifs is 1. The maximum absolute atomic E-state index is 6.38. The van der Waals surface area contributed by atoms with Crippen molar-refractivity contribution in [3.8, 4) is 17.1 Å². The number of aryl methyl sites for hydroxylation is 1. The zero-order valence-electron chi connectivity index (χ0n) is 21.7. The molecule has 194 valence electrons. The molecule has 0 amide bonds. The molecule has 0 bridgehead atoms. The second-order valence-electron chi connectivity index (χ2n) is 9.63. The summed E-state index contributed by atoms with van der Waals surface area (Å²) in [7, 11) is 3.63. The molecule has 8 heteroatoms. The summed E-state index contributed by atoms with van der Waals surface area (Å²) in [6.07, 6.45) is 6.72. The maximum atomic E-state index is 6.38. The zero-order valence-corrected chi connectivity index (χ0v) is 22.4. The molecule has 0 unspecified atom stereocenters. The average molecular weight is 519 g/mol. The monoisotopic (exact) mass is 518 g/mol. The minimum absolute atomic E-state index is 0.663. The van der Waals surface area contributed by atoms with Crippen molar-refractivity contribution in [3.05, 3.63) is 77.2 Å². The fourth-order valence-corrected chi connectivity index (χ4v) is 5.22. The fraction of sp³-hybridized carbons (Fsp3) is 0.379. The van der Waals surface area contributed by atoms with Gasteiger partial charge < -0.3 is 14.6 Å². The van der Waals surface area contributed by atoms with Crippen LogP contribution in [0.25, 0.3) is 22.3 Å². The molecule has 1 aliphatic heterocycles. The molecule has 0 radical (unpaired) electrons. The Morgan fingerprint density at radius 1 is 0.973 bits per heavy atom. The van der Waals surface area contributed by atoms with E-state index in [0.29, 0.717) is 5.75 Å². The summed E-state index contributed by atoms with van der Waals surface area (Å²) >= 11 is 6.38. The number of methoxy groups -OCH3 is 1. The van der Waals surface area contributed by atoms with Crippen LogP contribution in [0.2, 0.25) is 5.02 Å². The highest BCUT2D eigenvalue weighted by molar-refractivity contribution is 6.31. The molecule has 1 fully saturated rings. The molecule has 7 nitrogen and oxygen atoms in total. The van der Waals surface area contributed by atoms with Crippen LogP contribution in [0.5, 0.6) is 5.75 Å². The first kappa shape index (κ1) is 25.7. The van der Waals surface area contributed by atoms with E-state index in [0.717, 1.165) is 75.2 Å². The Morgan fingerprint density at radius 3 is 2.41 bits per heavy atom. The minimum atomic E-state index is 0.663. The third kappa shape index (κ3) is 6.13. The molecule has 4 aromatic rings. The Labute approximate surface area is 224 Å². The SMILES string of the molecule is CNCCCn1cc(-c2ncc(OC)cn2)c2cc(CN3CCN(Cc4ccccc4Cl)CC3)ccc21. The number of halogens is 1. The van der Waals surface area contributed by atoms with Crippen molar-refractivity contribution in [2.24, 2.45) is 0 Å². The predicted octanol–water partition coefficient (Wildman–Crippen LogP) is 4.69. The summed E-state index contributed by atoms with van der Waals surface area (Å²) in [5.41, 5.74) is 4.80. The highest BCUT2D eigenvalue weighted by Gasteiger charge is 2.19. The van der Waals surface area contributed by atoms with Gasteiger partial charge in [0.15, 0.2) is 11.6 Å². The van der Waals surface area contributed by atoms with Crippen LogP contribution in [0.3, 0.4) is 0 Å². The molecule has 5 rings (SSSR count). The third-order valence-corrected chi connectivity index (χ3v) is 7.47. The Hall–Kier alpha value is -2.97. The van der Waals surface area contributed by atoms with Crippen LogP contribution in [-0.2, 0) is 19.6 Å². The van der Waals surface area contributed by atoms with Gasteiger partial charge in [0.25, 0.3) is 0 Å². The van der Waals surface area contributed by atoms with E-state index in [9.17, 15) is 0 Å². The van der Waals surface area contributed by atoms with Gasteiger partial charge in [0.05, 0.1) is 19.5 Å². The fourth-order valence-electron chi connectivity index (χ4n) is 5.02. The van der Waals surface area contributed by atoms with E-state index >= 15 is 0 Å². The smallest absolute Gasteiger partial charge is 0.161 e. The van der Waals surface area contributed by atoms with Gasteiger partial charge in [-0.2, -0.15) is 0 Å². The number of benzene rings is 2. The topological polar surface area (TPSA) is 58.5 Å². The van der Waals surface area contributed by atoms with Crippen LogP contribution in [-0.4, -0.2) is 71.2 Å². The summed E-state index contributed by atoms with van der Waals surface area (Å²) in [6, 6.07) is 15.0. The number of nitrogens with zero attached hydrogens (tertiary/aromatic N) is 5. The van der Waals surface area contributed by atoms with Crippen LogP contribution in [0.15, 0.2) is 61.1 Å². The number of hydrogen-bond donors (Lipinski definition) is 1. The lowest BCUT2D eigenvalue weighted by molar-refractivity contribution is 0.122. The maximum Gasteiger partial charge on any atom is 0.161 e. The van der Waals surface area contributed by atoms with Crippen LogP contribution >= 0.6 is 11.6 Å². The highest BCUT2D eigenvalue weighted by Crippen LogP contribution is 2.31. The normalized spacial score (nSPS) is 14.9. The molecule has 1 aliphatic rings. The van der Waals surface area contributed by atoms with Crippen molar-refractivity contribution in [1.29, 1.82) is 0 Å². The van der Waals surface area contributed by atoms with E-state index in [1.165, 1.54) is 22.0 Å². The molecule has 0 saturated carbocycles. The molecular formula is C29H35ClN6O. The molecule has 2 aromatic heterocycles. The number of hydrogen-bond acceptors (Lipinski definition) is 6. The number of rotatable bonds is 10. The van der Waals surface area contributed by atoms with E-state index < -0.39 is 0 Å². The molecule has 0 aliphatic carbocycles. The van der Waals surface area contributed by atoms with Crippen molar-refractivity contribution in [2.75, 3.05) is 46.9 Å². The first-order valence-electron chi connectivity index (χ1n) is 13.0. The van der Waals surface area contributed by atoms with E-state index in [1.807, 2.05) is 19.2 Å².